The summed E-state index contributed by atoms with van der Waals surface area (Å²) in [5.41, 5.74) is 0.699. The molecule has 0 bridgehead atoms. The van der Waals surface area contributed by atoms with Gasteiger partial charge in [0.1, 0.15) is 11.5 Å². The monoisotopic (exact) mass is 432 g/mol. The molecule has 1 saturated heterocycles. The number of halogens is 2. The number of nitrogens with one attached hydrogen (secondary N) is 1. The number of amides is 2. The van der Waals surface area contributed by atoms with E-state index >= 15 is 0 Å². The molecule has 2 aromatic rings. The number of carbonyl (C=O) groups excluding carboxylic acids is 2. The number of anilines is 1. The van der Waals surface area contributed by atoms with Gasteiger partial charge in [-0.2, -0.15) is 8.78 Å². The lowest BCUT2D eigenvalue weighted by Gasteiger charge is -2.32. The van der Waals surface area contributed by atoms with Crippen molar-refractivity contribution >= 4 is 17.5 Å². The zero-order valence-corrected chi connectivity index (χ0v) is 17.5. The maximum absolute atomic E-state index is 12.9. The fraction of sp³-hybridized carbons (Fsp3) is 0.391. The number of rotatable bonds is 7. The summed E-state index contributed by atoms with van der Waals surface area (Å²) >= 11 is 0. The van der Waals surface area contributed by atoms with Gasteiger partial charge in [-0.3, -0.25) is 9.59 Å². The van der Waals surface area contributed by atoms with E-state index in [4.69, 9.17) is 4.74 Å². The van der Waals surface area contributed by atoms with Crippen LogP contribution >= 0.6 is 0 Å². The molecule has 2 amide bonds. The first-order valence-electron chi connectivity index (χ1n) is 10.2. The minimum atomic E-state index is -3.02. The van der Waals surface area contributed by atoms with E-state index in [1.807, 2.05) is 13.8 Å². The molecule has 166 valence electrons. The van der Waals surface area contributed by atoms with Gasteiger partial charge in [0.25, 0.3) is 5.91 Å². The molecule has 1 atom stereocenters. The van der Waals surface area contributed by atoms with Crippen molar-refractivity contribution in [3.63, 3.8) is 0 Å². The summed E-state index contributed by atoms with van der Waals surface area (Å²) in [7, 11) is 0. The van der Waals surface area contributed by atoms with E-state index in [9.17, 15) is 18.4 Å². The van der Waals surface area contributed by atoms with E-state index in [1.54, 1.807) is 30.3 Å². The highest BCUT2D eigenvalue weighted by Crippen LogP contribution is 2.26. The molecule has 1 aliphatic heterocycles. The molecular formula is C23H26F2N2O4. The van der Waals surface area contributed by atoms with Gasteiger partial charge in [-0.15, -0.1) is 0 Å². The molecule has 0 saturated carbocycles. The van der Waals surface area contributed by atoms with Gasteiger partial charge in [-0.05, 0) is 63.1 Å². The van der Waals surface area contributed by atoms with Crippen LogP contribution in [0.15, 0.2) is 48.5 Å². The third kappa shape index (κ3) is 6.16. The number of hydrogen-bond acceptors (Lipinski definition) is 4. The first-order valence-corrected chi connectivity index (χ1v) is 10.2. The molecular weight excluding hydrogens is 406 g/mol. The number of para-hydroxylation sites is 1. The van der Waals surface area contributed by atoms with Crippen molar-refractivity contribution in [1.82, 2.24) is 4.90 Å². The summed E-state index contributed by atoms with van der Waals surface area (Å²) in [5.74, 6) is -0.464. The number of piperidine rings is 1. The number of benzene rings is 2. The van der Waals surface area contributed by atoms with E-state index in [0.717, 1.165) is 0 Å². The number of likely N-dealkylation sites (tertiary alicyclic amines) is 1. The Morgan fingerprint density at radius 1 is 1.06 bits per heavy atom. The standard InChI is InChI=1S/C23H26F2N2O4/c1-15(2)30-18-11-9-17(10-12-18)26-21(28)16-6-5-13-27(14-16)22(29)19-7-3-4-8-20(19)31-23(24)25/h3-4,7-12,15-16,23H,5-6,13-14H2,1-2H3,(H,26,28). The Morgan fingerprint density at radius 2 is 1.77 bits per heavy atom. The minimum Gasteiger partial charge on any atom is -0.491 e. The van der Waals surface area contributed by atoms with Crippen molar-refractivity contribution in [3.05, 3.63) is 54.1 Å². The lowest BCUT2D eigenvalue weighted by atomic mass is 9.96. The molecule has 2 aromatic carbocycles. The van der Waals surface area contributed by atoms with Crippen LogP contribution in [0.25, 0.3) is 0 Å². The highest BCUT2D eigenvalue weighted by molar-refractivity contribution is 5.98. The molecule has 0 spiro atoms. The second kappa shape index (κ2) is 10.2. The Balaban J connectivity index is 1.63. The second-order valence-electron chi connectivity index (χ2n) is 7.65. The van der Waals surface area contributed by atoms with Crippen LogP contribution in [0.4, 0.5) is 14.5 Å². The molecule has 8 heteroatoms. The summed E-state index contributed by atoms with van der Waals surface area (Å²) in [4.78, 5) is 27.2. The number of carbonyl (C=O) groups is 2. The van der Waals surface area contributed by atoms with Crippen LogP contribution in [0.1, 0.15) is 37.0 Å². The van der Waals surface area contributed by atoms with E-state index in [1.165, 1.54) is 23.1 Å². The predicted octanol–water partition coefficient (Wildman–Crippen LogP) is 4.57. The topological polar surface area (TPSA) is 67.9 Å². The third-order valence-electron chi connectivity index (χ3n) is 4.91. The number of hydrogen-bond donors (Lipinski definition) is 1. The largest absolute Gasteiger partial charge is 0.491 e. The summed E-state index contributed by atoms with van der Waals surface area (Å²) in [6, 6.07) is 13.0. The quantitative estimate of drug-likeness (QED) is 0.696. The molecule has 6 nitrogen and oxygen atoms in total. The van der Waals surface area contributed by atoms with Gasteiger partial charge in [0, 0.05) is 18.8 Å². The van der Waals surface area contributed by atoms with Crippen LogP contribution in [-0.4, -0.2) is 42.5 Å². The predicted molar refractivity (Wildman–Crippen MR) is 113 cm³/mol. The van der Waals surface area contributed by atoms with Crippen molar-refractivity contribution in [2.45, 2.75) is 39.4 Å². The minimum absolute atomic E-state index is 0.0578. The van der Waals surface area contributed by atoms with E-state index < -0.39 is 18.4 Å². The molecule has 1 N–H and O–H groups in total. The summed E-state index contributed by atoms with van der Waals surface area (Å²) in [5, 5.41) is 2.87. The lowest BCUT2D eigenvalue weighted by molar-refractivity contribution is -0.121. The first-order chi connectivity index (χ1) is 14.8. The SMILES string of the molecule is CC(C)Oc1ccc(NC(=O)C2CCCN(C(=O)c3ccccc3OC(F)F)C2)cc1. The van der Waals surface area contributed by atoms with Gasteiger partial charge in [-0.25, -0.2) is 0 Å². The van der Waals surface area contributed by atoms with Crippen molar-refractivity contribution in [2.24, 2.45) is 5.92 Å². The molecule has 1 aliphatic rings. The first kappa shape index (κ1) is 22.5. The van der Waals surface area contributed by atoms with Gasteiger partial charge in [0.15, 0.2) is 0 Å². The number of nitrogens with zero attached hydrogens (tertiary/aromatic N) is 1. The van der Waals surface area contributed by atoms with Crippen molar-refractivity contribution in [2.75, 3.05) is 18.4 Å². The van der Waals surface area contributed by atoms with E-state index in [-0.39, 0.29) is 29.9 Å². The molecule has 0 aliphatic carbocycles. The lowest BCUT2D eigenvalue weighted by Crippen LogP contribution is -2.43. The fourth-order valence-electron chi connectivity index (χ4n) is 3.52. The maximum atomic E-state index is 12.9. The Bertz CT molecular complexity index is 903. The molecule has 0 aromatic heterocycles. The maximum Gasteiger partial charge on any atom is 0.387 e. The van der Waals surface area contributed by atoms with Crippen molar-refractivity contribution in [3.8, 4) is 11.5 Å². The van der Waals surface area contributed by atoms with Crippen LogP contribution in [0.2, 0.25) is 0 Å². The molecule has 1 unspecified atom stereocenters. The van der Waals surface area contributed by atoms with Crippen LogP contribution in [0.3, 0.4) is 0 Å². The van der Waals surface area contributed by atoms with Crippen LogP contribution in [-0.2, 0) is 4.79 Å². The van der Waals surface area contributed by atoms with Crippen molar-refractivity contribution < 1.29 is 27.8 Å². The highest BCUT2D eigenvalue weighted by atomic mass is 19.3. The van der Waals surface area contributed by atoms with Gasteiger partial charge >= 0.3 is 6.61 Å². The zero-order valence-electron chi connectivity index (χ0n) is 17.5. The summed E-state index contributed by atoms with van der Waals surface area (Å²) in [6.07, 6.45) is 1.34. The van der Waals surface area contributed by atoms with Crippen LogP contribution in [0.5, 0.6) is 11.5 Å². The zero-order chi connectivity index (χ0) is 22.4. The van der Waals surface area contributed by atoms with E-state index in [2.05, 4.69) is 10.1 Å². The number of alkyl halides is 2. The van der Waals surface area contributed by atoms with Gasteiger partial charge in [0.2, 0.25) is 5.91 Å². The Labute approximate surface area is 180 Å². The third-order valence-corrected chi connectivity index (χ3v) is 4.91. The van der Waals surface area contributed by atoms with Crippen LogP contribution < -0.4 is 14.8 Å². The molecule has 31 heavy (non-hydrogen) atoms. The Hall–Kier alpha value is -3.16. The Morgan fingerprint density at radius 3 is 2.45 bits per heavy atom. The van der Waals surface area contributed by atoms with E-state index in [0.29, 0.717) is 30.8 Å². The fourth-order valence-corrected chi connectivity index (χ4v) is 3.52. The average Bonchev–Trinajstić information content (AvgIpc) is 2.74. The van der Waals surface area contributed by atoms with Crippen molar-refractivity contribution in [1.29, 1.82) is 0 Å². The Kier molecular flexibility index (Phi) is 7.44. The molecule has 0 radical (unpaired) electrons. The molecule has 3 rings (SSSR count). The smallest absolute Gasteiger partial charge is 0.387 e. The average molecular weight is 432 g/mol. The van der Waals surface area contributed by atoms with Crippen LogP contribution in [0, 0.1) is 5.92 Å². The molecule has 1 fully saturated rings. The number of ether oxygens (including phenoxy) is 2. The summed E-state index contributed by atoms with van der Waals surface area (Å²) < 4.78 is 35.4. The highest BCUT2D eigenvalue weighted by Gasteiger charge is 2.30. The molecule has 1 heterocycles. The van der Waals surface area contributed by atoms with Gasteiger partial charge in [-0.1, -0.05) is 12.1 Å². The van der Waals surface area contributed by atoms with Gasteiger partial charge in [0.05, 0.1) is 17.6 Å². The summed E-state index contributed by atoms with van der Waals surface area (Å²) in [6.45, 7) is 1.51. The van der Waals surface area contributed by atoms with Gasteiger partial charge < -0.3 is 19.7 Å². The second-order valence-corrected chi connectivity index (χ2v) is 7.65. The normalized spacial score (nSPS) is 16.3.